The lowest BCUT2D eigenvalue weighted by molar-refractivity contribution is -0.136. The highest BCUT2D eigenvalue weighted by Crippen LogP contribution is 2.35. The van der Waals surface area contributed by atoms with Gasteiger partial charge in [-0.1, -0.05) is 33.8 Å². The normalized spacial score (nSPS) is 18.2. The summed E-state index contributed by atoms with van der Waals surface area (Å²) in [6.45, 7) is 8.72. The molecule has 16 heteroatoms. The van der Waals surface area contributed by atoms with E-state index in [1.54, 1.807) is 16.0 Å². The molecule has 2 aliphatic rings. The third kappa shape index (κ3) is 7.82. The number of nitrogens with one attached hydrogen (secondary N) is 4. The smallest absolute Gasteiger partial charge is 0.407 e. The van der Waals surface area contributed by atoms with E-state index in [-0.39, 0.29) is 35.7 Å². The fourth-order valence-electron chi connectivity index (χ4n) is 7.30. The lowest BCUT2D eigenvalue weighted by Crippen LogP contribution is -2.51. The summed E-state index contributed by atoms with van der Waals surface area (Å²) >= 11 is 0. The topological polar surface area (TPSA) is 191 Å². The quantitative estimate of drug-likeness (QED) is 0.159. The summed E-state index contributed by atoms with van der Waals surface area (Å²) < 4.78 is 9.51. The molecule has 54 heavy (non-hydrogen) atoms. The molecule has 4 N–H and O–H groups in total. The minimum absolute atomic E-state index is 0.116. The first kappa shape index (κ1) is 38.1. The first-order valence-corrected chi connectivity index (χ1v) is 18.4. The summed E-state index contributed by atoms with van der Waals surface area (Å²) in [5.74, 6) is 2.27. The van der Waals surface area contributed by atoms with E-state index < -0.39 is 24.3 Å². The molecule has 4 aromatic rings. The van der Waals surface area contributed by atoms with Crippen molar-refractivity contribution in [3.8, 4) is 11.1 Å². The van der Waals surface area contributed by atoms with Gasteiger partial charge in [0.05, 0.1) is 43.5 Å². The van der Waals surface area contributed by atoms with E-state index in [2.05, 4.69) is 25.6 Å². The summed E-state index contributed by atoms with van der Waals surface area (Å²) in [6.07, 6.45) is 5.47. The van der Waals surface area contributed by atoms with E-state index in [9.17, 15) is 19.2 Å². The van der Waals surface area contributed by atoms with Gasteiger partial charge in [0.15, 0.2) is 0 Å². The predicted molar refractivity (Wildman–Crippen MR) is 202 cm³/mol. The summed E-state index contributed by atoms with van der Waals surface area (Å²) in [5.41, 5.74) is 3.52. The number of H-pyrrole nitrogens is 2. The van der Waals surface area contributed by atoms with Gasteiger partial charge in [0, 0.05) is 31.9 Å². The molecule has 4 atom stereocenters. The van der Waals surface area contributed by atoms with Gasteiger partial charge in [-0.15, -0.1) is 0 Å². The van der Waals surface area contributed by atoms with Gasteiger partial charge in [0.1, 0.15) is 35.4 Å². The van der Waals surface area contributed by atoms with Crippen molar-refractivity contribution in [2.75, 3.05) is 39.3 Å². The van der Waals surface area contributed by atoms with Crippen LogP contribution in [0.1, 0.15) is 77.1 Å². The predicted octanol–water partition coefficient (Wildman–Crippen LogP) is 5.20. The Bertz CT molecular complexity index is 1970. The first-order chi connectivity index (χ1) is 25.9. The molecule has 3 aromatic heterocycles. The summed E-state index contributed by atoms with van der Waals surface area (Å²) in [4.78, 5) is 77.6. The van der Waals surface area contributed by atoms with Gasteiger partial charge in [-0.25, -0.2) is 24.5 Å². The Morgan fingerprint density at radius 3 is 1.89 bits per heavy atom. The van der Waals surface area contributed by atoms with Crippen LogP contribution in [0.5, 0.6) is 0 Å². The number of benzene rings is 1. The maximum Gasteiger partial charge on any atom is 0.407 e. The number of amides is 4. The molecule has 288 valence electrons. The lowest BCUT2D eigenvalue weighted by atomic mass is 10.0. The van der Waals surface area contributed by atoms with Crippen LogP contribution in [0.25, 0.3) is 22.2 Å². The van der Waals surface area contributed by atoms with E-state index in [4.69, 9.17) is 19.4 Å². The highest BCUT2D eigenvalue weighted by atomic mass is 16.5. The third-order valence-electron chi connectivity index (χ3n) is 10.4. The maximum absolute atomic E-state index is 13.6. The molecule has 6 rings (SSSR count). The standard InChI is InChI=1S/C38H50N10O6/c1-21(2)31(44-37(51)53-6)35(49)47-16-8-10-27(47)33-40-20-30(43-33)46(5)29-15-13-24(19-39-29)23-12-14-25-26(18-23)42-34(41-25)28-11-9-17-48(28)36(50)32(22(3)4)45-38(52)54-7/h12-15,18-22,27-28,31-32H,8-11,16-17H2,1-7H3,(H,40,43)(H,41,42)(H,44,51)(H,45,52). The molecule has 0 bridgehead atoms. The molecule has 0 spiro atoms. The molecule has 4 unspecified atom stereocenters. The number of ether oxygens (including phenoxy) is 2. The van der Waals surface area contributed by atoms with E-state index in [0.717, 1.165) is 53.7 Å². The number of imidazole rings is 2. The second-order valence-corrected chi connectivity index (χ2v) is 14.6. The van der Waals surface area contributed by atoms with Crippen molar-refractivity contribution >= 4 is 46.7 Å². The molecule has 1 aromatic carbocycles. The first-order valence-electron chi connectivity index (χ1n) is 18.4. The monoisotopic (exact) mass is 742 g/mol. The van der Waals surface area contributed by atoms with Crippen molar-refractivity contribution in [3.63, 3.8) is 0 Å². The van der Waals surface area contributed by atoms with Crippen molar-refractivity contribution in [2.24, 2.45) is 11.8 Å². The van der Waals surface area contributed by atoms with Crippen LogP contribution in [0.3, 0.4) is 0 Å². The number of rotatable bonds is 11. The minimum atomic E-state index is -0.705. The number of aromatic nitrogens is 5. The van der Waals surface area contributed by atoms with Gasteiger partial charge < -0.3 is 44.8 Å². The highest BCUT2D eigenvalue weighted by Gasteiger charge is 2.39. The molecule has 4 amide bonds. The Kier molecular flexibility index (Phi) is 11.4. The number of hydrogen-bond donors (Lipinski definition) is 4. The maximum atomic E-state index is 13.6. The number of pyridine rings is 1. The highest BCUT2D eigenvalue weighted by molar-refractivity contribution is 5.87. The minimum Gasteiger partial charge on any atom is -0.453 e. The molecule has 2 saturated heterocycles. The van der Waals surface area contributed by atoms with Gasteiger partial charge in [-0.3, -0.25) is 9.59 Å². The zero-order valence-electron chi connectivity index (χ0n) is 31.9. The number of carbonyl (C=O) groups is 4. The fraction of sp³-hybridized carbons (Fsp3) is 0.500. The van der Waals surface area contributed by atoms with Gasteiger partial charge in [-0.05, 0) is 67.3 Å². The van der Waals surface area contributed by atoms with Gasteiger partial charge >= 0.3 is 12.2 Å². The van der Waals surface area contributed by atoms with Crippen LogP contribution in [-0.4, -0.2) is 105 Å². The Balaban J connectivity index is 1.14. The number of carbonyl (C=O) groups excluding carboxylic acids is 4. The van der Waals surface area contributed by atoms with Gasteiger partial charge in [0.2, 0.25) is 11.8 Å². The summed E-state index contributed by atoms with van der Waals surface area (Å²) in [7, 11) is 4.47. The van der Waals surface area contributed by atoms with Crippen molar-refractivity contribution in [3.05, 3.63) is 54.4 Å². The van der Waals surface area contributed by atoms with Crippen molar-refractivity contribution in [1.29, 1.82) is 0 Å². The average Bonchev–Trinajstić information content (AvgIpc) is 4.00. The van der Waals surface area contributed by atoms with Gasteiger partial charge in [0.25, 0.3) is 0 Å². The number of nitrogens with zero attached hydrogens (tertiary/aromatic N) is 6. The van der Waals surface area contributed by atoms with Gasteiger partial charge in [-0.2, -0.15) is 0 Å². The Morgan fingerprint density at radius 1 is 0.778 bits per heavy atom. The third-order valence-corrected chi connectivity index (χ3v) is 10.4. The number of likely N-dealkylation sites (tertiary alicyclic amines) is 2. The van der Waals surface area contributed by atoms with E-state index in [0.29, 0.717) is 30.6 Å². The van der Waals surface area contributed by atoms with Crippen LogP contribution in [0.15, 0.2) is 42.7 Å². The number of hydrogen-bond acceptors (Lipinski definition) is 10. The van der Waals surface area contributed by atoms with Crippen LogP contribution in [-0.2, 0) is 19.1 Å². The van der Waals surface area contributed by atoms with Crippen LogP contribution >= 0.6 is 0 Å². The Labute approximate surface area is 314 Å². The molecule has 0 aliphatic carbocycles. The number of alkyl carbamates (subject to hydrolysis) is 2. The Hall–Kier alpha value is -5.67. The molecular weight excluding hydrogens is 692 g/mol. The van der Waals surface area contributed by atoms with Crippen LogP contribution in [0.2, 0.25) is 0 Å². The molecule has 5 heterocycles. The molecular formula is C38H50N10O6. The fourth-order valence-corrected chi connectivity index (χ4v) is 7.30. The molecule has 0 radical (unpaired) electrons. The van der Waals surface area contributed by atoms with E-state index >= 15 is 0 Å². The van der Waals surface area contributed by atoms with Crippen LogP contribution < -0.4 is 15.5 Å². The van der Waals surface area contributed by atoms with Crippen LogP contribution in [0.4, 0.5) is 21.2 Å². The van der Waals surface area contributed by atoms with Crippen LogP contribution in [0, 0.1) is 11.8 Å². The zero-order chi connectivity index (χ0) is 38.7. The largest absolute Gasteiger partial charge is 0.453 e. The lowest BCUT2D eigenvalue weighted by Gasteiger charge is -2.30. The second kappa shape index (κ2) is 16.1. The molecule has 2 fully saturated rings. The molecule has 0 saturated carbocycles. The number of anilines is 2. The number of fused-ring (bicyclic) bond motifs is 1. The SMILES string of the molecule is COC(=O)NC(C(=O)N1CCCC1c1ncc(N(C)c2ccc(-c3ccc4nc(C5CCCN5C(=O)C(NC(=O)OC)C(C)C)[nH]c4c3)cn2)[nH]1)C(C)C. The van der Waals surface area contributed by atoms with Crippen molar-refractivity contribution in [2.45, 2.75) is 77.5 Å². The molecule has 2 aliphatic heterocycles. The van der Waals surface area contributed by atoms with Crippen molar-refractivity contribution < 1.29 is 28.7 Å². The molecule has 16 nitrogen and oxygen atoms in total. The zero-order valence-corrected chi connectivity index (χ0v) is 31.9. The second-order valence-electron chi connectivity index (χ2n) is 14.6. The summed E-state index contributed by atoms with van der Waals surface area (Å²) in [5, 5.41) is 5.38. The Morgan fingerprint density at radius 2 is 1.35 bits per heavy atom. The van der Waals surface area contributed by atoms with E-state index in [1.807, 2.05) is 76.2 Å². The van der Waals surface area contributed by atoms with Crippen molar-refractivity contribution in [1.82, 2.24) is 45.4 Å². The average molecular weight is 743 g/mol. The van der Waals surface area contributed by atoms with E-state index in [1.165, 1.54) is 14.2 Å². The number of aromatic amines is 2. The number of methoxy groups -OCH3 is 2. The summed E-state index contributed by atoms with van der Waals surface area (Å²) in [6, 6.07) is 8.05.